The molecule has 0 bridgehead atoms. The first-order chi connectivity index (χ1) is 8.16. The average Bonchev–Trinajstić information content (AvgIpc) is 2.33. The van der Waals surface area contributed by atoms with Crippen LogP contribution in [0.5, 0.6) is 0 Å². The summed E-state index contributed by atoms with van der Waals surface area (Å²) in [4.78, 5) is 10.3. The van der Waals surface area contributed by atoms with E-state index in [0.717, 1.165) is 11.5 Å². The zero-order valence-corrected chi connectivity index (χ0v) is 10.2. The van der Waals surface area contributed by atoms with E-state index in [1.54, 1.807) is 30.6 Å². The van der Waals surface area contributed by atoms with Gasteiger partial charge in [0.1, 0.15) is 5.82 Å². The van der Waals surface area contributed by atoms with Gasteiger partial charge < -0.3 is 10.6 Å². The second kappa shape index (κ2) is 5.01. The summed E-state index contributed by atoms with van der Waals surface area (Å²) in [6.07, 6.45) is 3.44. The van der Waals surface area contributed by atoms with Gasteiger partial charge in [0, 0.05) is 24.5 Å². The summed E-state index contributed by atoms with van der Waals surface area (Å²) in [5, 5.41) is 0.662. The van der Waals surface area contributed by atoms with E-state index in [-0.39, 0.29) is 0 Å². The van der Waals surface area contributed by atoms with Crippen molar-refractivity contribution in [1.82, 2.24) is 9.97 Å². The van der Waals surface area contributed by atoms with Gasteiger partial charge in [-0.2, -0.15) is 0 Å². The molecule has 0 unspecified atom stereocenters. The lowest BCUT2D eigenvalue weighted by atomic mass is 10.2. The van der Waals surface area contributed by atoms with Crippen LogP contribution in [-0.4, -0.2) is 17.0 Å². The molecule has 0 aliphatic rings. The fourth-order valence-corrected chi connectivity index (χ4v) is 1.72. The van der Waals surface area contributed by atoms with Crippen molar-refractivity contribution < 1.29 is 0 Å². The van der Waals surface area contributed by atoms with Crippen molar-refractivity contribution in [2.24, 2.45) is 0 Å². The van der Waals surface area contributed by atoms with Gasteiger partial charge in [0.05, 0.1) is 17.9 Å². The van der Waals surface area contributed by atoms with E-state index in [0.29, 0.717) is 17.3 Å². The molecule has 0 spiro atoms. The predicted molar refractivity (Wildman–Crippen MR) is 70.0 cm³/mol. The molecule has 2 rings (SSSR count). The molecule has 0 radical (unpaired) electrons. The molecule has 0 atom stereocenters. The first-order valence-electron chi connectivity index (χ1n) is 5.19. The van der Waals surface area contributed by atoms with E-state index in [4.69, 9.17) is 17.3 Å². The SMILES string of the molecule is CN(Cc1ncccn1)c1cc(Cl)ccc1N. The highest BCUT2D eigenvalue weighted by Gasteiger charge is 2.07. The zero-order valence-electron chi connectivity index (χ0n) is 9.47. The molecule has 0 fully saturated rings. The van der Waals surface area contributed by atoms with Gasteiger partial charge in [0.15, 0.2) is 0 Å². The van der Waals surface area contributed by atoms with Gasteiger partial charge >= 0.3 is 0 Å². The molecule has 1 heterocycles. The number of nitrogens with zero attached hydrogens (tertiary/aromatic N) is 3. The molecule has 0 aliphatic heterocycles. The fourth-order valence-electron chi connectivity index (χ4n) is 1.56. The van der Waals surface area contributed by atoms with Crippen LogP contribution in [0.1, 0.15) is 5.82 Å². The molecular weight excluding hydrogens is 236 g/mol. The minimum Gasteiger partial charge on any atom is -0.397 e. The number of hydrogen-bond acceptors (Lipinski definition) is 4. The third-order valence-electron chi connectivity index (χ3n) is 2.40. The Morgan fingerprint density at radius 1 is 1.29 bits per heavy atom. The third kappa shape index (κ3) is 2.85. The van der Waals surface area contributed by atoms with Crippen molar-refractivity contribution >= 4 is 23.0 Å². The predicted octanol–water partition coefficient (Wildman–Crippen LogP) is 2.35. The lowest BCUT2D eigenvalue weighted by molar-refractivity contribution is 0.838. The molecule has 88 valence electrons. The van der Waals surface area contributed by atoms with Gasteiger partial charge in [-0.1, -0.05) is 11.6 Å². The summed E-state index contributed by atoms with van der Waals surface area (Å²) in [6.45, 7) is 0.589. The summed E-state index contributed by atoms with van der Waals surface area (Å²) in [7, 11) is 1.93. The van der Waals surface area contributed by atoms with E-state index < -0.39 is 0 Å². The maximum absolute atomic E-state index is 5.95. The fraction of sp³-hybridized carbons (Fsp3) is 0.167. The molecule has 2 N–H and O–H groups in total. The van der Waals surface area contributed by atoms with Crippen LogP contribution in [0.15, 0.2) is 36.7 Å². The number of hydrogen-bond donors (Lipinski definition) is 1. The standard InChI is InChI=1S/C12H13ClN4/c1-17(8-12-15-5-2-6-16-12)11-7-9(13)3-4-10(11)14/h2-7H,8,14H2,1H3. The third-order valence-corrected chi connectivity index (χ3v) is 2.64. The van der Waals surface area contributed by atoms with Gasteiger partial charge in [-0.05, 0) is 24.3 Å². The van der Waals surface area contributed by atoms with Crippen LogP contribution < -0.4 is 10.6 Å². The van der Waals surface area contributed by atoms with Crippen LogP contribution in [0, 0.1) is 0 Å². The van der Waals surface area contributed by atoms with E-state index >= 15 is 0 Å². The molecule has 1 aromatic heterocycles. The molecule has 4 nitrogen and oxygen atoms in total. The number of nitrogens with two attached hydrogens (primary N) is 1. The average molecular weight is 249 g/mol. The van der Waals surface area contributed by atoms with Crippen molar-refractivity contribution in [2.75, 3.05) is 17.7 Å². The Labute approximate surface area is 105 Å². The van der Waals surface area contributed by atoms with Crippen LogP contribution in [0.25, 0.3) is 0 Å². The molecule has 0 saturated heterocycles. The number of aromatic nitrogens is 2. The van der Waals surface area contributed by atoms with Crippen LogP contribution >= 0.6 is 11.6 Å². The van der Waals surface area contributed by atoms with Crippen LogP contribution in [-0.2, 0) is 6.54 Å². The minimum absolute atomic E-state index is 0.589. The quantitative estimate of drug-likeness (QED) is 0.848. The van der Waals surface area contributed by atoms with Crippen molar-refractivity contribution in [2.45, 2.75) is 6.54 Å². The second-order valence-corrected chi connectivity index (χ2v) is 4.16. The summed E-state index contributed by atoms with van der Waals surface area (Å²) in [6, 6.07) is 7.18. The number of anilines is 2. The second-order valence-electron chi connectivity index (χ2n) is 3.72. The Bertz CT molecular complexity index is 501. The first-order valence-corrected chi connectivity index (χ1v) is 5.56. The highest BCUT2D eigenvalue weighted by molar-refractivity contribution is 6.31. The van der Waals surface area contributed by atoms with E-state index in [1.807, 2.05) is 18.0 Å². The number of rotatable bonds is 3. The topological polar surface area (TPSA) is 55.0 Å². The molecule has 1 aromatic carbocycles. The Kier molecular flexibility index (Phi) is 3.44. The molecular formula is C12H13ClN4. The Morgan fingerprint density at radius 2 is 2.00 bits per heavy atom. The van der Waals surface area contributed by atoms with E-state index in [2.05, 4.69) is 9.97 Å². The van der Waals surface area contributed by atoms with Gasteiger partial charge in [-0.15, -0.1) is 0 Å². The van der Waals surface area contributed by atoms with Gasteiger partial charge in [0.2, 0.25) is 0 Å². The number of benzene rings is 1. The smallest absolute Gasteiger partial charge is 0.147 e. The molecule has 2 aromatic rings. The Balaban J connectivity index is 2.20. The van der Waals surface area contributed by atoms with Gasteiger partial charge in [-0.25, -0.2) is 9.97 Å². The zero-order chi connectivity index (χ0) is 12.3. The van der Waals surface area contributed by atoms with Gasteiger partial charge in [-0.3, -0.25) is 0 Å². The van der Waals surface area contributed by atoms with Crippen LogP contribution in [0.4, 0.5) is 11.4 Å². The molecule has 5 heteroatoms. The lowest BCUT2D eigenvalue weighted by Crippen LogP contribution is -2.19. The molecule has 17 heavy (non-hydrogen) atoms. The largest absolute Gasteiger partial charge is 0.397 e. The van der Waals surface area contributed by atoms with Gasteiger partial charge in [0.25, 0.3) is 0 Å². The highest BCUT2D eigenvalue weighted by Crippen LogP contribution is 2.26. The minimum atomic E-state index is 0.589. The summed E-state index contributed by atoms with van der Waals surface area (Å²) < 4.78 is 0. The van der Waals surface area contributed by atoms with Crippen LogP contribution in [0.3, 0.4) is 0 Å². The lowest BCUT2D eigenvalue weighted by Gasteiger charge is -2.20. The van der Waals surface area contributed by atoms with Crippen molar-refractivity contribution in [1.29, 1.82) is 0 Å². The summed E-state index contributed by atoms with van der Waals surface area (Å²) in [5.74, 6) is 0.745. The van der Waals surface area contributed by atoms with Crippen molar-refractivity contribution in [3.8, 4) is 0 Å². The summed E-state index contributed by atoms with van der Waals surface area (Å²) >= 11 is 5.95. The monoisotopic (exact) mass is 248 g/mol. The molecule has 0 aliphatic carbocycles. The van der Waals surface area contributed by atoms with Crippen molar-refractivity contribution in [3.63, 3.8) is 0 Å². The Hall–Kier alpha value is -1.81. The summed E-state index contributed by atoms with van der Waals surface area (Å²) in [5.41, 5.74) is 7.47. The van der Waals surface area contributed by atoms with E-state index in [9.17, 15) is 0 Å². The van der Waals surface area contributed by atoms with Crippen molar-refractivity contribution in [3.05, 3.63) is 47.5 Å². The molecule has 0 saturated carbocycles. The maximum Gasteiger partial charge on any atom is 0.147 e. The number of nitrogen functional groups attached to an aromatic ring is 1. The normalized spacial score (nSPS) is 10.2. The van der Waals surface area contributed by atoms with Crippen LogP contribution in [0.2, 0.25) is 5.02 Å². The Morgan fingerprint density at radius 3 is 2.71 bits per heavy atom. The van der Waals surface area contributed by atoms with E-state index in [1.165, 1.54) is 0 Å². The maximum atomic E-state index is 5.95. The highest BCUT2D eigenvalue weighted by atomic mass is 35.5. The molecule has 0 amide bonds. The first kappa shape index (κ1) is 11.7. The number of halogens is 1.